The molecule has 0 unspecified atom stereocenters. The SMILES string of the molecule is CC(C)Nc1ccccc1CN1CCCC1. The Kier molecular flexibility index (Phi) is 3.83. The van der Waals surface area contributed by atoms with Crippen LogP contribution in [0.2, 0.25) is 0 Å². The lowest BCUT2D eigenvalue weighted by Crippen LogP contribution is -2.20. The van der Waals surface area contributed by atoms with Gasteiger partial charge in [0.15, 0.2) is 0 Å². The third-order valence-electron chi connectivity index (χ3n) is 3.05. The Bertz CT molecular complexity index is 327. The molecule has 1 aliphatic heterocycles. The number of nitrogens with one attached hydrogen (secondary N) is 1. The van der Waals surface area contributed by atoms with Crippen molar-refractivity contribution in [2.75, 3.05) is 18.4 Å². The Labute approximate surface area is 98.7 Å². The number of hydrogen-bond acceptors (Lipinski definition) is 2. The molecule has 1 fully saturated rings. The van der Waals surface area contributed by atoms with Crippen molar-refractivity contribution >= 4 is 5.69 Å². The van der Waals surface area contributed by atoms with Crippen LogP contribution in [0.3, 0.4) is 0 Å². The summed E-state index contributed by atoms with van der Waals surface area (Å²) in [6.07, 6.45) is 2.72. The molecule has 88 valence electrons. The van der Waals surface area contributed by atoms with Crippen LogP contribution >= 0.6 is 0 Å². The van der Waals surface area contributed by atoms with Crippen molar-refractivity contribution in [3.8, 4) is 0 Å². The third-order valence-corrected chi connectivity index (χ3v) is 3.05. The van der Waals surface area contributed by atoms with E-state index in [0.29, 0.717) is 6.04 Å². The van der Waals surface area contributed by atoms with Gasteiger partial charge in [-0.05, 0) is 51.4 Å². The summed E-state index contributed by atoms with van der Waals surface area (Å²) < 4.78 is 0. The highest BCUT2D eigenvalue weighted by molar-refractivity contribution is 5.51. The maximum atomic E-state index is 3.52. The van der Waals surface area contributed by atoms with Gasteiger partial charge in [0, 0.05) is 18.3 Å². The summed E-state index contributed by atoms with van der Waals surface area (Å²) >= 11 is 0. The molecule has 16 heavy (non-hydrogen) atoms. The van der Waals surface area contributed by atoms with Crippen molar-refractivity contribution in [1.29, 1.82) is 0 Å². The first-order chi connectivity index (χ1) is 7.75. The largest absolute Gasteiger partial charge is 0.383 e. The molecular weight excluding hydrogens is 196 g/mol. The smallest absolute Gasteiger partial charge is 0.0387 e. The van der Waals surface area contributed by atoms with Gasteiger partial charge in [-0.3, -0.25) is 4.90 Å². The zero-order valence-electron chi connectivity index (χ0n) is 10.4. The molecule has 1 N–H and O–H groups in total. The van der Waals surface area contributed by atoms with Gasteiger partial charge < -0.3 is 5.32 Å². The van der Waals surface area contributed by atoms with E-state index in [9.17, 15) is 0 Å². The summed E-state index contributed by atoms with van der Waals surface area (Å²) in [6, 6.07) is 9.17. The second kappa shape index (κ2) is 5.35. The molecule has 0 amide bonds. The number of likely N-dealkylation sites (tertiary alicyclic amines) is 1. The predicted molar refractivity (Wildman–Crippen MR) is 69.7 cm³/mol. The van der Waals surface area contributed by atoms with Crippen LogP contribution in [0.15, 0.2) is 24.3 Å². The summed E-state index contributed by atoms with van der Waals surface area (Å²) in [5.41, 5.74) is 2.72. The lowest BCUT2D eigenvalue weighted by atomic mass is 10.1. The second-order valence-electron chi connectivity index (χ2n) is 4.94. The minimum absolute atomic E-state index is 0.500. The van der Waals surface area contributed by atoms with Gasteiger partial charge in [-0.2, -0.15) is 0 Å². The van der Waals surface area contributed by atoms with E-state index in [1.165, 1.54) is 37.2 Å². The fourth-order valence-electron chi connectivity index (χ4n) is 2.29. The summed E-state index contributed by atoms with van der Waals surface area (Å²) in [6.45, 7) is 7.99. The number of para-hydroxylation sites is 1. The molecule has 2 rings (SSSR count). The molecule has 1 aliphatic rings. The number of hydrogen-bond donors (Lipinski definition) is 1. The average Bonchev–Trinajstić information content (AvgIpc) is 2.73. The molecule has 1 aromatic carbocycles. The quantitative estimate of drug-likeness (QED) is 0.835. The topological polar surface area (TPSA) is 15.3 Å². The molecule has 0 aromatic heterocycles. The number of nitrogens with zero attached hydrogens (tertiary/aromatic N) is 1. The molecule has 0 bridgehead atoms. The lowest BCUT2D eigenvalue weighted by Gasteiger charge is -2.19. The normalized spacial score (nSPS) is 16.9. The van der Waals surface area contributed by atoms with Gasteiger partial charge in [0.1, 0.15) is 0 Å². The van der Waals surface area contributed by atoms with E-state index in [1.807, 2.05) is 0 Å². The monoisotopic (exact) mass is 218 g/mol. The van der Waals surface area contributed by atoms with Crippen LogP contribution < -0.4 is 5.32 Å². The maximum absolute atomic E-state index is 3.52. The number of rotatable bonds is 4. The third kappa shape index (κ3) is 2.99. The van der Waals surface area contributed by atoms with E-state index in [2.05, 4.69) is 48.3 Å². The highest BCUT2D eigenvalue weighted by Gasteiger charge is 2.13. The molecule has 2 nitrogen and oxygen atoms in total. The average molecular weight is 218 g/mol. The van der Waals surface area contributed by atoms with E-state index in [1.54, 1.807) is 0 Å². The van der Waals surface area contributed by atoms with Crippen molar-refractivity contribution in [2.45, 2.75) is 39.3 Å². The summed E-state index contributed by atoms with van der Waals surface area (Å²) in [5, 5.41) is 3.52. The molecular formula is C14H22N2. The minimum atomic E-state index is 0.500. The summed E-state index contributed by atoms with van der Waals surface area (Å²) in [5.74, 6) is 0. The fourth-order valence-corrected chi connectivity index (χ4v) is 2.29. The Hall–Kier alpha value is -1.02. The van der Waals surface area contributed by atoms with Crippen LogP contribution in [0.1, 0.15) is 32.3 Å². The molecule has 0 atom stereocenters. The van der Waals surface area contributed by atoms with E-state index in [-0.39, 0.29) is 0 Å². The van der Waals surface area contributed by atoms with Gasteiger partial charge in [0.2, 0.25) is 0 Å². The standard InChI is InChI=1S/C14H22N2/c1-12(2)15-14-8-4-3-7-13(14)11-16-9-5-6-10-16/h3-4,7-8,12,15H,5-6,9-11H2,1-2H3. The molecule has 2 heteroatoms. The first-order valence-corrected chi connectivity index (χ1v) is 6.32. The molecule has 1 heterocycles. The Morgan fingerprint density at radius 3 is 2.56 bits per heavy atom. The van der Waals surface area contributed by atoms with E-state index in [0.717, 1.165) is 6.54 Å². The second-order valence-corrected chi connectivity index (χ2v) is 4.94. The van der Waals surface area contributed by atoms with Gasteiger partial charge >= 0.3 is 0 Å². The zero-order valence-corrected chi connectivity index (χ0v) is 10.4. The van der Waals surface area contributed by atoms with Gasteiger partial charge in [-0.1, -0.05) is 18.2 Å². The Morgan fingerprint density at radius 2 is 1.88 bits per heavy atom. The van der Waals surface area contributed by atoms with Crippen LogP contribution in [0.5, 0.6) is 0 Å². The van der Waals surface area contributed by atoms with Gasteiger partial charge in [-0.15, -0.1) is 0 Å². The van der Waals surface area contributed by atoms with Crippen molar-refractivity contribution in [3.05, 3.63) is 29.8 Å². The Balaban J connectivity index is 2.06. The van der Waals surface area contributed by atoms with E-state index < -0.39 is 0 Å². The van der Waals surface area contributed by atoms with Gasteiger partial charge in [0.25, 0.3) is 0 Å². The first-order valence-electron chi connectivity index (χ1n) is 6.32. The number of benzene rings is 1. The molecule has 1 aromatic rings. The van der Waals surface area contributed by atoms with Gasteiger partial charge in [-0.25, -0.2) is 0 Å². The molecule has 1 saturated heterocycles. The minimum Gasteiger partial charge on any atom is -0.383 e. The van der Waals surface area contributed by atoms with Gasteiger partial charge in [0.05, 0.1) is 0 Å². The first kappa shape index (κ1) is 11.5. The van der Waals surface area contributed by atoms with Crippen molar-refractivity contribution in [2.24, 2.45) is 0 Å². The zero-order chi connectivity index (χ0) is 11.4. The van der Waals surface area contributed by atoms with Crippen LogP contribution in [-0.2, 0) is 6.54 Å². The molecule has 0 spiro atoms. The molecule has 0 radical (unpaired) electrons. The van der Waals surface area contributed by atoms with Crippen molar-refractivity contribution in [1.82, 2.24) is 4.90 Å². The van der Waals surface area contributed by atoms with Crippen molar-refractivity contribution < 1.29 is 0 Å². The predicted octanol–water partition coefficient (Wildman–Crippen LogP) is 3.10. The van der Waals surface area contributed by atoms with E-state index in [4.69, 9.17) is 0 Å². The molecule has 0 aliphatic carbocycles. The maximum Gasteiger partial charge on any atom is 0.0387 e. The summed E-state index contributed by atoms with van der Waals surface area (Å²) in [7, 11) is 0. The van der Waals surface area contributed by atoms with Crippen molar-refractivity contribution in [3.63, 3.8) is 0 Å². The highest BCUT2D eigenvalue weighted by Crippen LogP contribution is 2.20. The lowest BCUT2D eigenvalue weighted by molar-refractivity contribution is 0.332. The molecule has 0 saturated carbocycles. The fraction of sp³-hybridized carbons (Fsp3) is 0.571. The summed E-state index contributed by atoms with van der Waals surface area (Å²) in [4.78, 5) is 2.54. The van der Waals surface area contributed by atoms with Crippen LogP contribution in [0.25, 0.3) is 0 Å². The highest BCUT2D eigenvalue weighted by atomic mass is 15.1. The number of anilines is 1. The Morgan fingerprint density at radius 1 is 1.19 bits per heavy atom. The van der Waals surface area contributed by atoms with Crippen LogP contribution in [-0.4, -0.2) is 24.0 Å². The van der Waals surface area contributed by atoms with Crippen LogP contribution in [0, 0.1) is 0 Å². The van der Waals surface area contributed by atoms with Crippen LogP contribution in [0.4, 0.5) is 5.69 Å². The van der Waals surface area contributed by atoms with E-state index >= 15 is 0 Å².